The van der Waals surface area contributed by atoms with Gasteiger partial charge in [0.15, 0.2) is 4.99 Å². The summed E-state index contributed by atoms with van der Waals surface area (Å²) in [5, 5.41) is 5.89. The number of amides is 1. The highest BCUT2D eigenvalue weighted by Crippen LogP contribution is 2.19. The largest absolute Gasteiger partial charge is 0.371 e. The van der Waals surface area contributed by atoms with Gasteiger partial charge in [0.05, 0.1) is 0 Å². The van der Waals surface area contributed by atoms with Crippen molar-refractivity contribution in [3.05, 3.63) is 65.2 Å². The number of rotatable bonds is 4. The van der Waals surface area contributed by atoms with Gasteiger partial charge in [-0.15, -0.1) is 0 Å². The molecule has 0 bridgehead atoms. The van der Waals surface area contributed by atoms with Crippen molar-refractivity contribution >= 4 is 28.8 Å². The number of para-hydroxylation sites is 1. The Morgan fingerprint density at radius 2 is 1.64 bits per heavy atom. The van der Waals surface area contributed by atoms with Gasteiger partial charge in [-0.1, -0.05) is 60.7 Å². The van der Waals surface area contributed by atoms with E-state index in [0.717, 1.165) is 23.2 Å². The van der Waals surface area contributed by atoms with Crippen LogP contribution in [0.2, 0.25) is 0 Å². The molecule has 3 nitrogen and oxygen atoms in total. The van der Waals surface area contributed by atoms with E-state index in [4.69, 9.17) is 12.2 Å². The fraction of sp³-hybridized carbons (Fsp3) is 0.222. The number of thiocarbonyl (C=S) groups is 1. The van der Waals surface area contributed by atoms with E-state index in [1.54, 1.807) is 0 Å². The predicted octanol–water partition coefficient (Wildman–Crippen LogP) is 3.40. The summed E-state index contributed by atoms with van der Waals surface area (Å²) >= 11 is 5.15. The third-order valence-corrected chi connectivity index (χ3v) is 3.80. The highest BCUT2D eigenvalue weighted by molar-refractivity contribution is 7.82. The van der Waals surface area contributed by atoms with E-state index in [2.05, 4.69) is 22.8 Å². The molecule has 4 heteroatoms. The van der Waals surface area contributed by atoms with Gasteiger partial charge in [0.1, 0.15) is 0 Å². The standard InChI is InChI=1S/C18H20N2OS/c1-13-7-6-8-14(2)16(13)20-17(21)18(22)19-12-11-15-9-4-3-5-10-15/h3-10H,11-12H2,1-2H3,(H,19,22)(H,20,21). The molecule has 22 heavy (non-hydrogen) atoms. The summed E-state index contributed by atoms with van der Waals surface area (Å²) in [5.74, 6) is -0.263. The van der Waals surface area contributed by atoms with E-state index < -0.39 is 0 Å². The molecule has 0 aliphatic heterocycles. The number of aryl methyl sites for hydroxylation is 2. The molecule has 0 atom stereocenters. The molecule has 0 aromatic heterocycles. The van der Waals surface area contributed by atoms with Gasteiger partial charge in [0.25, 0.3) is 5.91 Å². The van der Waals surface area contributed by atoms with E-state index in [-0.39, 0.29) is 10.9 Å². The van der Waals surface area contributed by atoms with Crippen molar-refractivity contribution in [2.75, 3.05) is 11.9 Å². The molecule has 2 rings (SSSR count). The van der Waals surface area contributed by atoms with E-state index in [1.807, 2.05) is 50.2 Å². The van der Waals surface area contributed by atoms with Crippen LogP contribution in [0.25, 0.3) is 0 Å². The number of benzene rings is 2. The quantitative estimate of drug-likeness (QED) is 0.850. The lowest BCUT2D eigenvalue weighted by Crippen LogP contribution is -2.35. The van der Waals surface area contributed by atoms with Gasteiger partial charge in [0.2, 0.25) is 0 Å². The van der Waals surface area contributed by atoms with Crippen molar-refractivity contribution in [3.63, 3.8) is 0 Å². The Morgan fingerprint density at radius 3 is 2.27 bits per heavy atom. The fourth-order valence-electron chi connectivity index (χ4n) is 2.23. The van der Waals surface area contributed by atoms with Crippen molar-refractivity contribution in [1.82, 2.24) is 5.32 Å². The van der Waals surface area contributed by atoms with E-state index in [1.165, 1.54) is 5.56 Å². The number of hydrogen-bond acceptors (Lipinski definition) is 2. The van der Waals surface area contributed by atoms with Crippen LogP contribution in [0.5, 0.6) is 0 Å². The van der Waals surface area contributed by atoms with Crippen LogP contribution in [-0.2, 0) is 11.2 Å². The zero-order valence-corrected chi connectivity index (χ0v) is 13.7. The smallest absolute Gasteiger partial charge is 0.283 e. The second kappa shape index (κ2) is 7.71. The van der Waals surface area contributed by atoms with Gasteiger partial charge in [-0.3, -0.25) is 4.79 Å². The van der Waals surface area contributed by atoms with Crippen molar-refractivity contribution in [2.45, 2.75) is 20.3 Å². The molecule has 0 saturated carbocycles. The van der Waals surface area contributed by atoms with Crippen LogP contribution >= 0.6 is 12.2 Å². The van der Waals surface area contributed by atoms with Crippen molar-refractivity contribution in [3.8, 4) is 0 Å². The lowest BCUT2D eigenvalue weighted by atomic mass is 10.1. The van der Waals surface area contributed by atoms with E-state index in [9.17, 15) is 4.79 Å². The molecule has 0 spiro atoms. The SMILES string of the molecule is Cc1cccc(C)c1NC(=O)C(=S)NCCc1ccccc1. The molecule has 0 fully saturated rings. The number of carbonyl (C=O) groups excluding carboxylic acids is 1. The van der Waals surface area contributed by atoms with Crippen molar-refractivity contribution in [1.29, 1.82) is 0 Å². The first-order valence-corrected chi connectivity index (χ1v) is 7.68. The Kier molecular flexibility index (Phi) is 5.67. The molecule has 0 aliphatic carbocycles. The summed E-state index contributed by atoms with van der Waals surface area (Å²) in [7, 11) is 0. The van der Waals surface area contributed by atoms with Gasteiger partial charge < -0.3 is 10.6 Å². The first kappa shape index (κ1) is 16.2. The lowest BCUT2D eigenvalue weighted by molar-refractivity contribution is -0.110. The first-order chi connectivity index (χ1) is 10.6. The molecule has 0 aliphatic rings. The highest BCUT2D eigenvalue weighted by Gasteiger charge is 2.11. The van der Waals surface area contributed by atoms with Gasteiger partial charge in [0, 0.05) is 12.2 Å². The van der Waals surface area contributed by atoms with Gasteiger partial charge >= 0.3 is 0 Å². The second-order valence-corrected chi connectivity index (χ2v) is 5.62. The van der Waals surface area contributed by atoms with E-state index >= 15 is 0 Å². The topological polar surface area (TPSA) is 41.1 Å². The van der Waals surface area contributed by atoms with Gasteiger partial charge in [-0.2, -0.15) is 0 Å². The average Bonchev–Trinajstić information content (AvgIpc) is 2.52. The first-order valence-electron chi connectivity index (χ1n) is 7.27. The fourth-order valence-corrected chi connectivity index (χ4v) is 2.38. The molecule has 2 aromatic carbocycles. The van der Waals surface area contributed by atoms with Crippen molar-refractivity contribution < 1.29 is 4.79 Å². The van der Waals surface area contributed by atoms with Gasteiger partial charge in [-0.25, -0.2) is 0 Å². The Labute approximate surface area is 136 Å². The number of nitrogens with one attached hydrogen (secondary N) is 2. The summed E-state index contributed by atoms with van der Waals surface area (Å²) in [5.41, 5.74) is 4.11. The van der Waals surface area contributed by atoms with Crippen LogP contribution in [-0.4, -0.2) is 17.4 Å². The minimum atomic E-state index is -0.263. The number of hydrogen-bond donors (Lipinski definition) is 2. The molecule has 0 saturated heterocycles. The van der Waals surface area contributed by atoms with Crippen LogP contribution < -0.4 is 10.6 Å². The van der Waals surface area contributed by atoms with Gasteiger partial charge in [-0.05, 0) is 37.0 Å². The average molecular weight is 312 g/mol. The summed E-state index contributed by atoms with van der Waals surface area (Å²) in [6, 6.07) is 16.0. The molecular weight excluding hydrogens is 292 g/mol. The maximum Gasteiger partial charge on any atom is 0.283 e. The highest BCUT2D eigenvalue weighted by atomic mass is 32.1. The molecule has 0 radical (unpaired) electrons. The Morgan fingerprint density at radius 1 is 1.00 bits per heavy atom. The summed E-state index contributed by atoms with van der Waals surface area (Å²) < 4.78 is 0. The Hall–Kier alpha value is -2.20. The van der Waals surface area contributed by atoms with Crippen molar-refractivity contribution in [2.24, 2.45) is 0 Å². The van der Waals surface area contributed by atoms with Crippen LogP contribution in [0.3, 0.4) is 0 Å². The molecule has 1 amide bonds. The van der Waals surface area contributed by atoms with E-state index in [0.29, 0.717) is 6.54 Å². The lowest BCUT2D eigenvalue weighted by Gasteiger charge is -2.13. The maximum atomic E-state index is 12.1. The molecule has 2 aromatic rings. The maximum absolute atomic E-state index is 12.1. The summed E-state index contributed by atoms with van der Waals surface area (Å²) in [6.45, 7) is 4.58. The normalized spacial score (nSPS) is 10.1. The minimum Gasteiger partial charge on any atom is -0.371 e. The number of carbonyl (C=O) groups is 1. The molecule has 0 unspecified atom stereocenters. The third kappa shape index (κ3) is 4.40. The molecule has 2 N–H and O–H groups in total. The Bertz CT molecular complexity index is 648. The van der Waals surface area contributed by atoms with Crippen LogP contribution in [0, 0.1) is 13.8 Å². The molecule has 114 valence electrons. The monoisotopic (exact) mass is 312 g/mol. The third-order valence-electron chi connectivity index (χ3n) is 3.47. The minimum absolute atomic E-state index is 0.221. The second-order valence-electron chi connectivity index (χ2n) is 5.21. The Balaban J connectivity index is 1.86. The summed E-state index contributed by atoms with van der Waals surface area (Å²) in [6.07, 6.45) is 0.831. The van der Waals surface area contributed by atoms with Crippen LogP contribution in [0.15, 0.2) is 48.5 Å². The molecule has 0 heterocycles. The predicted molar refractivity (Wildman–Crippen MR) is 95.3 cm³/mol. The number of anilines is 1. The van der Waals surface area contributed by atoms with Crippen LogP contribution in [0.1, 0.15) is 16.7 Å². The van der Waals surface area contributed by atoms with Crippen LogP contribution in [0.4, 0.5) is 5.69 Å². The summed E-state index contributed by atoms with van der Waals surface area (Å²) in [4.78, 5) is 12.4. The zero-order chi connectivity index (χ0) is 15.9. The zero-order valence-electron chi connectivity index (χ0n) is 12.8. The molecular formula is C18H20N2OS.